The van der Waals surface area contributed by atoms with Gasteiger partial charge in [-0.1, -0.05) is 0 Å². The van der Waals surface area contributed by atoms with E-state index in [0.29, 0.717) is 0 Å². The highest BCUT2D eigenvalue weighted by atomic mass is 16.6. The minimum Gasteiger partial charge on any atom is -0.395 e. The molecule has 8 nitrogen and oxygen atoms in total. The van der Waals surface area contributed by atoms with Crippen LogP contribution in [0.3, 0.4) is 0 Å². The fraction of sp³-hybridized carbons (Fsp3) is 0.250. The highest BCUT2D eigenvalue weighted by Crippen LogP contribution is 2.28. The van der Waals surface area contributed by atoms with Crippen LogP contribution >= 0.6 is 0 Å². The molecule has 1 aromatic rings. The molecule has 0 saturated heterocycles. The Balaban J connectivity index is 3.09. The number of hydrogen-bond acceptors (Lipinski definition) is 6. The Morgan fingerprint density at radius 1 is 1.25 bits per heavy atom. The van der Waals surface area contributed by atoms with Gasteiger partial charge in [-0.3, -0.25) is 20.2 Å². The Morgan fingerprint density at radius 2 is 1.94 bits per heavy atom. The molecule has 1 aromatic carbocycles. The van der Waals surface area contributed by atoms with Crippen LogP contribution in [0.2, 0.25) is 0 Å². The van der Waals surface area contributed by atoms with Crippen molar-refractivity contribution in [1.29, 1.82) is 0 Å². The summed E-state index contributed by atoms with van der Waals surface area (Å²) in [6, 6.07) is 3.28. The average molecular weight is 227 g/mol. The third-order valence-corrected chi connectivity index (χ3v) is 1.82. The first-order chi connectivity index (χ1) is 7.56. The van der Waals surface area contributed by atoms with Crippen molar-refractivity contribution in [2.45, 2.75) is 0 Å². The maximum atomic E-state index is 10.6. The summed E-state index contributed by atoms with van der Waals surface area (Å²) in [6.07, 6.45) is 0. The van der Waals surface area contributed by atoms with Gasteiger partial charge in [-0.2, -0.15) is 0 Å². The SMILES string of the molecule is O=[N+]([O-])c1ccc(NCCO)c([N+](=O)[O-])c1. The molecule has 0 radical (unpaired) electrons. The summed E-state index contributed by atoms with van der Waals surface area (Å²) in [5, 5.41) is 32.2. The molecular formula is C8H9N3O5. The van der Waals surface area contributed by atoms with E-state index in [4.69, 9.17) is 5.11 Å². The molecule has 0 spiro atoms. The number of nitrogens with one attached hydrogen (secondary N) is 1. The van der Waals surface area contributed by atoms with Crippen molar-refractivity contribution < 1.29 is 15.0 Å². The number of nitro benzene ring substituents is 2. The molecule has 16 heavy (non-hydrogen) atoms. The van der Waals surface area contributed by atoms with E-state index in [1.807, 2.05) is 0 Å². The van der Waals surface area contributed by atoms with Crippen LogP contribution in [0.5, 0.6) is 0 Å². The van der Waals surface area contributed by atoms with Crippen molar-refractivity contribution in [3.05, 3.63) is 38.4 Å². The minimum atomic E-state index is -0.716. The van der Waals surface area contributed by atoms with Crippen molar-refractivity contribution in [1.82, 2.24) is 0 Å². The fourth-order valence-electron chi connectivity index (χ4n) is 1.12. The number of non-ortho nitro benzene ring substituents is 1. The van der Waals surface area contributed by atoms with Gasteiger partial charge in [-0.25, -0.2) is 0 Å². The maximum absolute atomic E-state index is 10.6. The molecule has 0 heterocycles. The summed E-state index contributed by atoms with van der Waals surface area (Å²) < 4.78 is 0. The number of benzene rings is 1. The monoisotopic (exact) mass is 227 g/mol. The highest BCUT2D eigenvalue weighted by Gasteiger charge is 2.18. The van der Waals surface area contributed by atoms with E-state index in [1.54, 1.807) is 0 Å². The molecule has 0 bridgehead atoms. The highest BCUT2D eigenvalue weighted by molar-refractivity contribution is 5.65. The van der Waals surface area contributed by atoms with Crippen LogP contribution in [0.4, 0.5) is 17.1 Å². The number of rotatable bonds is 5. The largest absolute Gasteiger partial charge is 0.395 e. The van der Waals surface area contributed by atoms with E-state index in [0.717, 1.165) is 12.1 Å². The van der Waals surface area contributed by atoms with E-state index in [2.05, 4.69) is 5.32 Å². The van der Waals surface area contributed by atoms with Crippen LogP contribution < -0.4 is 5.32 Å². The Bertz CT molecular complexity index is 420. The van der Waals surface area contributed by atoms with Crippen molar-refractivity contribution in [2.75, 3.05) is 18.5 Å². The van der Waals surface area contributed by atoms with Crippen molar-refractivity contribution in [3.63, 3.8) is 0 Å². The number of nitrogens with zero attached hydrogens (tertiary/aromatic N) is 2. The van der Waals surface area contributed by atoms with Gasteiger partial charge in [0.15, 0.2) is 0 Å². The second-order valence-electron chi connectivity index (χ2n) is 2.87. The van der Waals surface area contributed by atoms with Crippen LogP contribution in [0, 0.1) is 20.2 Å². The zero-order valence-corrected chi connectivity index (χ0v) is 8.12. The molecule has 0 unspecified atom stereocenters. The summed E-state index contributed by atoms with van der Waals surface area (Å²) >= 11 is 0. The lowest BCUT2D eigenvalue weighted by atomic mass is 10.2. The summed E-state index contributed by atoms with van der Waals surface area (Å²) in [5.41, 5.74) is -0.589. The van der Waals surface area contributed by atoms with Crippen molar-refractivity contribution in [2.24, 2.45) is 0 Å². The smallest absolute Gasteiger partial charge is 0.299 e. The van der Waals surface area contributed by atoms with E-state index < -0.39 is 9.85 Å². The molecule has 0 fully saturated rings. The first-order valence-electron chi connectivity index (χ1n) is 4.34. The predicted molar refractivity (Wildman–Crippen MR) is 55.3 cm³/mol. The van der Waals surface area contributed by atoms with Gasteiger partial charge in [0.05, 0.1) is 22.5 Å². The van der Waals surface area contributed by atoms with Gasteiger partial charge in [-0.15, -0.1) is 0 Å². The number of nitro groups is 2. The van der Waals surface area contributed by atoms with Crippen LogP contribution in [0.15, 0.2) is 18.2 Å². The van der Waals surface area contributed by atoms with E-state index in [1.165, 1.54) is 6.07 Å². The Kier molecular flexibility index (Phi) is 3.72. The third kappa shape index (κ3) is 2.64. The minimum absolute atomic E-state index is 0.138. The topological polar surface area (TPSA) is 119 Å². The Hall–Kier alpha value is -2.22. The molecule has 0 atom stereocenters. The molecule has 1 rings (SSSR count). The van der Waals surface area contributed by atoms with Crippen molar-refractivity contribution in [3.8, 4) is 0 Å². The van der Waals surface area contributed by atoms with Gasteiger partial charge in [0.1, 0.15) is 5.69 Å². The number of aliphatic hydroxyl groups excluding tert-OH is 1. The normalized spacial score (nSPS) is 9.81. The first kappa shape index (κ1) is 11.9. The average Bonchev–Trinajstić information content (AvgIpc) is 2.25. The lowest BCUT2D eigenvalue weighted by molar-refractivity contribution is -0.393. The third-order valence-electron chi connectivity index (χ3n) is 1.82. The lowest BCUT2D eigenvalue weighted by Gasteiger charge is -2.04. The standard InChI is InChI=1S/C8H9N3O5/c12-4-3-9-7-2-1-6(10(13)14)5-8(7)11(15)16/h1-2,5,9,12H,3-4H2. The van der Waals surface area contributed by atoms with Crippen molar-refractivity contribution >= 4 is 17.1 Å². The number of anilines is 1. The Morgan fingerprint density at radius 3 is 2.44 bits per heavy atom. The van der Waals surface area contributed by atoms with Crippen LogP contribution in [-0.2, 0) is 0 Å². The van der Waals surface area contributed by atoms with E-state index >= 15 is 0 Å². The lowest BCUT2D eigenvalue weighted by Crippen LogP contribution is -2.07. The molecule has 8 heteroatoms. The molecule has 86 valence electrons. The van der Waals surface area contributed by atoms with E-state index in [9.17, 15) is 20.2 Å². The van der Waals surface area contributed by atoms with Gasteiger partial charge in [-0.05, 0) is 6.07 Å². The molecule has 0 aromatic heterocycles. The summed E-state index contributed by atoms with van der Waals surface area (Å²) in [4.78, 5) is 19.6. The van der Waals surface area contributed by atoms with Gasteiger partial charge in [0.2, 0.25) is 0 Å². The predicted octanol–water partition coefficient (Wildman–Crippen LogP) is 0.907. The Labute approximate surface area is 89.8 Å². The quantitative estimate of drug-likeness (QED) is 0.569. The molecule has 0 amide bonds. The second-order valence-corrected chi connectivity index (χ2v) is 2.87. The molecule has 0 aliphatic rings. The number of hydrogen-bond donors (Lipinski definition) is 2. The van der Waals surface area contributed by atoms with E-state index in [-0.39, 0.29) is 30.2 Å². The first-order valence-corrected chi connectivity index (χ1v) is 4.34. The molecule has 0 aliphatic heterocycles. The maximum Gasteiger partial charge on any atom is 0.299 e. The van der Waals surface area contributed by atoms with Crippen LogP contribution in [0.25, 0.3) is 0 Å². The molecule has 0 aliphatic carbocycles. The second kappa shape index (κ2) is 5.03. The molecule has 0 saturated carbocycles. The fourth-order valence-corrected chi connectivity index (χ4v) is 1.12. The zero-order chi connectivity index (χ0) is 12.1. The summed E-state index contributed by atoms with van der Waals surface area (Å²) in [7, 11) is 0. The van der Waals surface area contributed by atoms with Gasteiger partial charge in [0.25, 0.3) is 11.4 Å². The number of aliphatic hydroxyl groups is 1. The summed E-state index contributed by atoms with van der Waals surface area (Å²) in [6.45, 7) is -0.0488. The van der Waals surface area contributed by atoms with Crippen LogP contribution in [0.1, 0.15) is 0 Å². The van der Waals surface area contributed by atoms with Gasteiger partial charge < -0.3 is 10.4 Å². The molecular weight excluding hydrogens is 218 g/mol. The van der Waals surface area contributed by atoms with Crippen LogP contribution in [-0.4, -0.2) is 28.1 Å². The van der Waals surface area contributed by atoms with Gasteiger partial charge >= 0.3 is 0 Å². The molecule has 2 N–H and O–H groups in total. The summed E-state index contributed by atoms with van der Waals surface area (Å²) in [5.74, 6) is 0. The zero-order valence-electron chi connectivity index (χ0n) is 8.12. The van der Waals surface area contributed by atoms with Gasteiger partial charge in [0, 0.05) is 12.6 Å².